The molecule has 1 aliphatic rings. The molecule has 1 amide bonds. The van der Waals surface area contributed by atoms with Crippen LogP contribution in [0.2, 0.25) is 0 Å². The minimum Gasteiger partial charge on any atom is -0.461 e. The van der Waals surface area contributed by atoms with Gasteiger partial charge in [-0.25, -0.2) is 0 Å². The minimum atomic E-state index is 0.0948. The van der Waals surface area contributed by atoms with Gasteiger partial charge in [0.15, 0.2) is 16.7 Å². The first-order valence-electron chi connectivity index (χ1n) is 9.33. The van der Waals surface area contributed by atoms with Crippen molar-refractivity contribution in [2.75, 3.05) is 17.2 Å². The SMILES string of the molecule is CCn1c(SCC(=O)N2CC[C@H](C)Sc3ccccc32)nnc1-c1ccco1. The van der Waals surface area contributed by atoms with E-state index >= 15 is 0 Å². The molecule has 1 aromatic carbocycles. The molecule has 0 bridgehead atoms. The maximum Gasteiger partial charge on any atom is 0.237 e. The molecule has 1 aliphatic heterocycles. The van der Waals surface area contributed by atoms with Crippen molar-refractivity contribution in [1.29, 1.82) is 0 Å². The van der Waals surface area contributed by atoms with E-state index in [-0.39, 0.29) is 5.91 Å². The number of para-hydroxylation sites is 1. The summed E-state index contributed by atoms with van der Waals surface area (Å²) in [6, 6.07) is 11.8. The molecule has 6 nitrogen and oxygen atoms in total. The van der Waals surface area contributed by atoms with Crippen molar-refractivity contribution in [2.24, 2.45) is 0 Å². The van der Waals surface area contributed by atoms with Crippen LogP contribution in [0.4, 0.5) is 5.69 Å². The number of carbonyl (C=O) groups is 1. The number of hydrogen-bond donors (Lipinski definition) is 0. The van der Waals surface area contributed by atoms with E-state index in [0.29, 0.717) is 29.1 Å². The number of benzene rings is 1. The number of furan rings is 1. The van der Waals surface area contributed by atoms with Crippen molar-refractivity contribution in [3.8, 4) is 11.6 Å². The topological polar surface area (TPSA) is 64.2 Å². The van der Waals surface area contributed by atoms with Gasteiger partial charge >= 0.3 is 0 Å². The van der Waals surface area contributed by atoms with E-state index in [1.807, 2.05) is 58.5 Å². The summed E-state index contributed by atoms with van der Waals surface area (Å²) >= 11 is 3.26. The molecule has 0 radical (unpaired) electrons. The van der Waals surface area contributed by atoms with E-state index in [1.165, 1.54) is 16.7 Å². The molecule has 28 heavy (non-hydrogen) atoms. The molecule has 0 saturated carbocycles. The Balaban J connectivity index is 1.51. The highest BCUT2D eigenvalue weighted by Gasteiger charge is 2.25. The molecule has 3 heterocycles. The maximum absolute atomic E-state index is 13.0. The molecular weight excluding hydrogens is 392 g/mol. The van der Waals surface area contributed by atoms with Gasteiger partial charge in [0.2, 0.25) is 5.91 Å². The molecule has 0 fully saturated rings. The molecule has 146 valence electrons. The average Bonchev–Trinajstić information content (AvgIpc) is 3.33. The van der Waals surface area contributed by atoms with Gasteiger partial charge in [0.05, 0.1) is 17.7 Å². The molecule has 0 unspecified atom stereocenters. The number of amides is 1. The smallest absolute Gasteiger partial charge is 0.237 e. The van der Waals surface area contributed by atoms with Gasteiger partial charge in [0.25, 0.3) is 0 Å². The van der Waals surface area contributed by atoms with Crippen molar-refractivity contribution in [3.05, 3.63) is 42.7 Å². The summed E-state index contributed by atoms with van der Waals surface area (Å²) < 4.78 is 7.43. The van der Waals surface area contributed by atoms with Gasteiger partial charge in [-0.15, -0.1) is 22.0 Å². The molecule has 0 aliphatic carbocycles. The lowest BCUT2D eigenvalue weighted by Gasteiger charge is -2.22. The molecular formula is C20H22N4O2S2. The molecule has 3 aromatic rings. The third-order valence-corrected chi connectivity index (χ3v) is 6.83. The van der Waals surface area contributed by atoms with Crippen LogP contribution in [0.3, 0.4) is 0 Å². The van der Waals surface area contributed by atoms with Gasteiger partial charge in [-0.1, -0.05) is 30.8 Å². The number of carbonyl (C=O) groups excluding carboxylic acids is 1. The normalized spacial score (nSPS) is 16.6. The summed E-state index contributed by atoms with van der Waals surface area (Å²) in [6.45, 7) is 5.69. The van der Waals surface area contributed by atoms with Gasteiger partial charge in [-0.3, -0.25) is 9.36 Å². The zero-order valence-electron chi connectivity index (χ0n) is 15.9. The maximum atomic E-state index is 13.0. The third kappa shape index (κ3) is 3.84. The quantitative estimate of drug-likeness (QED) is 0.570. The van der Waals surface area contributed by atoms with Gasteiger partial charge in [0.1, 0.15) is 0 Å². The minimum absolute atomic E-state index is 0.0948. The summed E-state index contributed by atoms with van der Waals surface area (Å²) in [7, 11) is 0. The van der Waals surface area contributed by atoms with Gasteiger partial charge < -0.3 is 9.32 Å². The molecule has 8 heteroatoms. The first-order valence-corrected chi connectivity index (χ1v) is 11.2. The number of rotatable bonds is 5. The lowest BCUT2D eigenvalue weighted by atomic mass is 10.2. The number of aromatic nitrogens is 3. The first-order chi connectivity index (χ1) is 13.7. The van der Waals surface area contributed by atoms with E-state index in [4.69, 9.17) is 4.42 Å². The molecule has 2 aromatic heterocycles. The Morgan fingerprint density at radius 1 is 1.29 bits per heavy atom. The Bertz CT molecular complexity index is 955. The Morgan fingerprint density at radius 2 is 2.14 bits per heavy atom. The fourth-order valence-corrected chi connectivity index (χ4v) is 5.21. The summed E-state index contributed by atoms with van der Waals surface area (Å²) in [4.78, 5) is 16.1. The fraction of sp³-hybridized carbons (Fsp3) is 0.350. The van der Waals surface area contributed by atoms with Crippen LogP contribution >= 0.6 is 23.5 Å². The van der Waals surface area contributed by atoms with Gasteiger partial charge in [0, 0.05) is 23.2 Å². The van der Waals surface area contributed by atoms with E-state index in [0.717, 1.165) is 23.8 Å². The molecule has 1 atom stereocenters. The largest absolute Gasteiger partial charge is 0.461 e. The lowest BCUT2D eigenvalue weighted by molar-refractivity contribution is -0.116. The van der Waals surface area contributed by atoms with E-state index < -0.39 is 0 Å². The van der Waals surface area contributed by atoms with Crippen molar-refractivity contribution < 1.29 is 9.21 Å². The molecule has 0 saturated heterocycles. The van der Waals surface area contributed by atoms with Crippen LogP contribution in [-0.4, -0.2) is 38.2 Å². The summed E-state index contributed by atoms with van der Waals surface area (Å²) in [5.74, 6) is 1.79. The van der Waals surface area contributed by atoms with Gasteiger partial charge in [-0.05, 0) is 37.6 Å². The number of nitrogens with zero attached hydrogens (tertiary/aromatic N) is 4. The predicted molar refractivity (Wildman–Crippen MR) is 113 cm³/mol. The Kier molecular flexibility index (Phi) is 5.77. The van der Waals surface area contributed by atoms with E-state index in [2.05, 4.69) is 23.2 Å². The first kappa shape index (κ1) is 19.1. The van der Waals surface area contributed by atoms with Crippen LogP contribution < -0.4 is 4.90 Å². The standard InChI is InChI=1S/C20H22N4O2S2/c1-3-23-19(16-8-6-12-26-16)21-22-20(23)27-13-18(25)24-11-10-14(2)28-17-9-5-4-7-15(17)24/h4-9,12,14H,3,10-11,13H2,1-2H3/t14-/m0/s1. The summed E-state index contributed by atoms with van der Waals surface area (Å²) in [5.41, 5.74) is 1.01. The number of anilines is 1. The second-order valence-corrected chi connectivity index (χ2v) is 8.97. The van der Waals surface area contributed by atoms with Crippen LogP contribution in [0.5, 0.6) is 0 Å². The van der Waals surface area contributed by atoms with Crippen LogP contribution in [-0.2, 0) is 11.3 Å². The van der Waals surface area contributed by atoms with Crippen LogP contribution in [0.25, 0.3) is 11.6 Å². The van der Waals surface area contributed by atoms with Crippen molar-refractivity contribution in [1.82, 2.24) is 14.8 Å². The van der Waals surface area contributed by atoms with Crippen LogP contribution in [0, 0.1) is 0 Å². The zero-order chi connectivity index (χ0) is 19.5. The summed E-state index contributed by atoms with van der Waals surface area (Å²) in [5, 5.41) is 9.75. The highest BCUT2D eigenvalue weighted by atomic mass is 32.2. The predicted octanol–water partition coefficient (Wildman–Crippen LogP) is 4.57. The molecule has 4 rings (SSSR count). The summed E-state index contributed by atoms with van der Waals surface area (Å²) in [6.07, 6.45) is 2.60. The monoisotopic (exact) mass is 414 g/mol. The van der Waals surface area contributed by atoms with Crippen molar-refractivity contribution >= 4 is 35.1 Å². The lowest BCUT2D eigenvalue weighted by Crippen LogP contribution is -2.33. The number of fused-ring (bicyclic) bond motifs is 1. The average molecular weight is 415 g/mol. The number of hydrogen-bond acceptors (Lipinski definition) is 6. The molecule has 0 spiro atoms. The Hall–Kier alpha value is -2.19. The molecule has 0 N–H and O–H groups in total. The zero-order valence-corrected chi connectivity index (χ0v) is 17.5. The fourth-order valence-electron chi connectivity index (χ4n) is 3.22. The van der Waals surface area contributed by atoms with E-state index in [9.17, 15) is 4.79 Å². The van der Waals surface area contributed by atoms with Crippen LogP contribution in [0.1, 0.15) is 20.3 Å². The van der Waals surface area contributed by atoms with E-state index in [1.54, 1.807) is 6.26 Å². The van der Waals surface area contributed by atoms with Crippen molar-refractivity contribution in [2.45, 2.75) is 42.1 Å². The second kappa shape index (κ2) is 8.45. The van der Waals surface area contributed by atoms with Gasteiger partial charge in [-0.2, -0.15) is 0 Å². The number of thioether (sulfide) groups is 2. The Morgan fingerprint density at radius 3 is 2.93 bits per heavy atom. The van der Waals surface area contributed by atoms with Crippen molar-refractivity contribution in [3.63, 3.8) is 0 Å². The highest BCUT2D eigenvalue weighted by Crippen LogP contribution is 2.37. The second-order valence-electron chi connectivity index (χ2n) is 6.55. The highest BCUT2D eigenvalue weighted by molar-refractivity contribution is 8.00. The van der Waals surface area contributed by atoms with Crippen LogP contribution in [0.15, 0.2) is 57.1 Å². The third-order valence-electron chi connectivity index (χ3n) is 4.64. The Labute approximate surface area is 172 Å².